The average molecular weight is 366 g/mol. The van der Waals surface area contributed by atoms with Crippen LogP contribution in [0.4, 0.5) is 0 Å². The first-order chi connectivity index (χ1) is 12.6. The van der Waals surface area contributed by atoms with Crippen molar-refractivity contribution in [1.82, 2.24) is 10.6 Å². The van der Waals surface area contributed by atoms with Gasteiger partial charge in [0.05, 0.1) is 6.04 Å². The fourth-order valence-corrected chi connectivity index (χ4v) is 3.60. The van der Waals surface area contributed by atoms with Crippen LogP contribution in [0.25, 0.3) is 10.8 Å². The van der Waals surface area contributed by atoms with Crippen molar-refractivity contribution >= 4 is 33.9 Å². The molecule has 0 saturated carbocycles. The van der Waals surface area contributed by atoms with Crippen molar-refractivity contribution in [3.63, 3.8) is 0 Å². The van der Waals surface area contributed by atoms with E-state index in [9.17, 15) is 9.59 Å². The van der Waals surface area contributed by atoms with Crippen LogP contribution in [0.5, 0.6) is 0 Å². The van der Waals surface area contributed by atoms with E-state index in [0.29, 0.717) is 24.9 Å². The maximum absolute atomic E-state index is 12.2. The molecule has 0 fully saturated rings. The Morgan fingerprint density at radius 3 is 2.69 bits per heavy atom. The molecule has 2 amide bonds. The molecule has 5 heteroatoms. The van der Waals surface area contributed by atoms with E-state index >= 15 is 0 Å². The van der Waals surface area contributed by atoms with Crippen LogP contribution in [0.15, 0.2) is 59.3 Å². The van der Waals surface area contributed by atoms with Gasteiger partial charge in [-0.1, -0.05) is 42.5 Å². The first-order valence-corrected chi connectivity index (χ1v) is 9.67. The number of carbonyl (C=O) groups is 2. The summed E-state index contributed by atoms with van der Waals surface area (Å²) in [6.07, 6.45) is 1.00. The van der Waals surface area contributed by atoms with E-state index in [-0.39, 0.29) is 17.9 Å². The highest BCUT2D eigenvalue weighted by Crippen LogP contribution is 2.24. The zero-order valence-corrected chi connectivity index (χ0v) is 15.5. The van der Waals surface area contributed by atoms with Gasteiger partial charge in [0.1, 0.15) is 0 Å². The highest BCUT2D eigenvalue weighted by atomic mass is 32.1. The molecule has 2 aromatic carbocycles. The van der Waals surface area contributed by atoms with Gasteiger partial charge in [-0.2, -0.15) is 11.3 Å². The van der Waals surface area contributed by atoms with Gasteiger partial charge in [0.2, 0.25) is 5.91 Å². The quantitative estimate of drug-likeness (QED) is 0.613. The average Bonchev–Trinajstić information content (AvgIpc) is 3.19. The molecule has 4 nitrogen and oxygen atoms in total. The molecule has 0 aliphatic rings. The van der Waals surface area contributed by atoms with Gasteiger partial charge in [-0.3, -0.25) is 9.59 Å². The smallest absolute Gasteiger partial charge is 0.252 e. The molecule has 0 radical (unpaired) electrons. The Labute approximate surface area is 157 Å². The molecule has 2 N–H and O–H groups in total. The topological polar surface area (TPSA) is 58.2 Å². The standard InChI is InChI=1S/C21H22N2O2S/c1-15(18-9-4-7-16-6-2-3-8-19(16)18)23-20(24)10-5-12-22-21(25)17-11-13-26-14-17/h2-4,6-9,11,13-15H,5,10,12H2,1H3,(H,22,25)(H,23,24). The second-order valence-corrected chi connectivity index (χ2v) is 7.01. The Bertz CT molecular complexity index is 885. The molecule has 1 heterocycles. The van der Waals surface area contributed by atoms with Crippen molar-refractivity contribution in [1.29, 1.82) is 0 Å². The number of fused-ring (bicyclic) bond motifs is 1. The van der Waals surface area contributed by atoms with Gasteiger partial charge in [0.25, 0.3) is 5.91 Å². The number of amides is 2. The number of benzene rings is 2. The number of carbonyl (C=O) groups excluding carboxylic acids is 2. The maximum Gasteiger partial charge on any atom is 0.252 e. The van der Waals surface area contributed by atoms with E-state index in [1.54, 1.807) is 6.07 Å². The molecular formula is C21H22N2O2S. The van der Waals surface area contributed by atoms with Crippen molar-refractivity contribution in [3.05, 3.63) is 70.4 Å². The number of rotatable bonds is 7. The van der Waals surface area contributed by atoms with Crippen LogP contribution in [0.3, 0.4) is 0 Å². The first-order valence-electron chi connectivity index (χ1n) is 8.72. The Hall–Kier alpha value is -2.66. The number of thiophene rings is 1. The van der Waals surface area contributed by atoms with Crippen LogP contribution in [-0.4, -0.2) is 18.4 Å². The molecule has 1 unspecified atom stereocenters. The fourth-order valence-electron chi connectivity index (χ4n) is 2.97. The zero-order valence-electron chi connectivity index (χ0n) is 14.7. The van der Waals surface area contributed by atoms with Gasteiger partial charge in [0, 0.05) is 23.9 Å². The summed E-state index contributed by atoms with van der Waals surface area (Å²) in [6, 6.07) is 16.0. The van der Waals surface area contributed by atoms with Gasteiger partial charge in [-0.25, -0.2) is 0 Å². The number of hydrogen-bond acceptors (Lipinski definition) is 3. The molecular weight excluding hydrogens is 344 g/mol. The van der Waals surface area contributed by atoms with Gasteiger partial charge in [0.15, 0.2) is 0 Å². The Balaban J connectivity index is 1.47. The molecule has 26 heavy (non-hydrogen) atoms. The summed E-state index contributed by atoms with van der Waals surface area (Å²) >= 11 is 1.49. The summed E-state index contributed by atoms with van der Waals surface area (Å²) in [5.41, 5.74) is 1.78. The monoisotopic (exact) mass is 366 g/mol. The van der Waals surface area contributed by atoms with Crippen LogP contribution in [0, 0.1) is 0 Å². The van der Waals surface area contributed by atoms with E-state index in [4.69, 9.17) is 0 Å². The minimum absolute atomic E-state index is 0.00443. The van der Waals surface area contributed by atoms with Crippen molar-refractivity contribution in [2.75, 3.05) is 6.54 Å². The predicted molar refractivity (Wildman–Crippen MR) is 106 cm³/mol. The molecule has 3 rings (SSSR count). The lowest BCUT2D eigenvalue weighted by Gasteiger charge is -2.16. The Morgan fingerprint density at radius 2 is 1.88 bits per heavy atom. The third-order valence-corrected chi connectivity index (χ3v) is 5.00. The minimum Gasteiger partial charge on any atom is -0.352 e. The van der Waals surface area contributed by atoms with Gasteiger partial charge in [-0.15, -0.1) is 0 Å². The first kappa shape index (κ1) is 18.1. The lowest BCUT2D eigenvalue weighted by atomic mass is 9.99. The van der Waals surface area contributed by atoms with E-state index in [1.165, 1.54) is 16.7 Å². The van der Waals surface area contributed by atoms with Crippen LogP contribution in [0.2, 0.25) is 0 Å². The van der Waals surface area contributed by atoms with Gasteiger partial charge >= 0.3 is 0 Å². The SMILES string of the molecule is CC(NC(=O)CCCNC(=O)c1ccsc1)c1cccc2ccccc12. The molecule has 0 aliphatic carbocycles. The van der Waals surface area contributed by atoms with Crippen molar-refractivity contribution in [2.45, 2.75) is 25.8 Å². The second-order valence-electron chi connectivity index (χ2n) is 6.23. The molecule has 0 aliphatic heterocycles. The van der Waals surface area contributed by atoms with Crippen LogP contribution in [0.1, 0.15) is 41.7 Å². The molecule has 0 bridgehead atoms. The van der Waals surface area contributed by atoms with Crippen LogP contribution < -0.4 is 10.6 Å². The summed E-state index contributed by atoms with van der Waals surface area (Å²) in [4.78, 5) is 24.0. The van der Waals surface area contributed by atoms with Gasteiger partial charge < -0.3 is 10.6 Å². The largest absolute Gasteiger partial charge is 0.352 e. The maximum atomic E-state index is 12.2. The summed E-state index contributed by atoms with van der Waals surface area (Å²) in [6.45, 7) is 2.49. The summed E-state index contributed by atoms with van der Waals surface area (Å²) in [5, 5.41) is 11.9. The number of nitrogens with one attached hydrogen (secondary N) is 2. The summed E-state index contributed by atoms with van der Waals surface area (Å²) < 4.78 is 0. The van der Waals surface area contributed by atoms with Crippen molar-refractivity contribution < 1.29 is 9.59 Å². The van der Waals surface area contributed by atoms with E-state index in [0.717, 1.165) is 10.9 Å². The van der Waals surface area contributed by atoms with Crippen molar-refractivity contribution in [2.24, 2.45) is 0 Å². The highest BCUT2D eigenvalue weighted by molar-refractivity contribution is 7.08. The third-order valence-electron chi connectivity index (χ3n) is 4.32. The normalized spacial score (nSPS) is 11.9. The molecule has 3 aromatic rings. The molecule has 0 saturated heterocycles. The van der Waals surface area contributed by atoms with E-state index in [1.807, 2.05) is 41.9 Å². The zero-order chi connectivity index (χ0) is 18.4. The van der Waals surface area contributed by atoms with Crippen LogP contribution >= 0.6 is 11.3 Å². The molecule has 1 atom stereocenters. The predicted octanol–water partition coefficient (Wildman–Crippen LogP) is 4.29. The second kappa shape index (κ2) is 8.63. The summed E-state index contributed by atoms with van der Waals surface area (Å²) in [7, 11) is 0. The van der Waals surface area contributed by atoms with E-state index < -0.39 is 0 Å². The van der Waals surface area contributed by atoms with Crippen molar-refractivity contribution in [3.8, 4) is 0 Å². The van der Waals surface area contributed by atoms with Crippen LogP contribution in [-0.2, 0) is 4.79 Å². The Morgan fingerprint density at radius 1 is 1.08 bits per heavy atom. The molecule has 134 valence electrons. The lowest BCUT2D eigenvalue weighted by Crippen LogP contribution is -2.29. The highest BCUT2D eigenvalue weighted by Gasteiger charge is 2.12. The molecule has 1 aromatic heterocycles. The lowest BCUT2D eigenvalue weighted by molar-refractivity contribution is -0.121. The molecule has 0 spiro atoms. The minimum atomic E-state index is -0.0872. The fraction of sp³-hybridized carbons (Fsp3) is 0.238. The Kier molecular flexibility index (Phi) is 6.02. The third kappa shape index (κ3) is 4.49. The van der Waals surface area contributed by atoms with Gasteiger partial charge in [-0.05, 0) is 41.1 Å². The van der Waals surface area contributed by atoms with E-state index in [2.05, 4.69) is 28.8 Å². The number of hydrogen-bond donors (Lipinski definition) is 2. The summed E-state index contributed by atoms with van der Waals surface area (Å²) in [5.74, 6) is -0.0917.